The SMILES string of the molecule is CC.Cc1cccc(C=O)c1.O=CO. The highest BCUT2D eigenvalue weighted by Crippen LogP contribution is 1.99. The molecule has 0 saturated heterocycles. The first-order valence-corrected chi connectivity index (χ1v) is 4.34. The van der Waals surface area contributed by atoms with E-state index in [1.54, 1.807) is 6.07 Å². The van der Waals surface area contributed by atoms with Gasteiger partial charge in [-0.15, -0.1) is 0 Å². The first-order valence-electron chi connectivity index (χ1n) is 4.34. The second kappa shape index (κ2) is 11.4. The fourth-order valence-electron chi connectivity index (χ4n) is 0.743. The summed E-state index contributed by atoms with van der Waals surface area (Å²) >= 11 is 0. The number of hydrogen-bond donors (Lipinski definition) is 1. The molecule has 0 saturated carbocycles. The molecule has 0 aliphatic carbocycles. The first-order chi connectivity index (χ1) is 6.74. The lowest BCUT2D eigenvalue weighted by molar-refractivity contribution is -0.122. The number of carbonyl (C=O) groups is 2. The van der Waals surface area contributed by atoms with Crippen molar-refractivity contribution in [1.29, 1.82) is 0 Å². The molecule has 0 fully saturated rings. The van der Waals surface area contributed by atoms with Crippen LogP contribution in [0.1, 0.15) is 29.8 Å². The van der Waals surface area contributed by atoms with Crippen LogP contribution in [0.2, 0.25) is 0 Å². The molecular formula is C11H16O3. The van der Waals surface area contributed by atoms with Gasteiger partial charge in [-0.2, -0.15) is 0 Å². The summed E-state index contributed by atoms with van der Waals surface area (Å²) in [7, 11) is 0. The Kier molecular flexibility index (Phi) is 12.1. The van der Waals surface area contributed by atoms with E-state index in [2.05, 4.69) is 0 Å². The summed E-state index contributed by atoms with van der Waals surface area (Å²) < 4.78 is 0. The van der Waals surface area contributed by atoms with Gasteiger partial charge in [0.25, 0.3) is 6.47 Å². The normalized spacial score (nSPS) is 7.07. The topological polar surface area (TPSA) is 54.4 Å². The molecule has 1 N–H and O–H groups in total. The van der Waals surface area contributed by atoms with Gasteiger partial charge in [-0.1, -0.05) is 37.6 Å². The zero-order valence-electron chi connectivity index (χ0n) is 8.73. The quantitative estimate of drug-likeness (QED) is 0.702. The van der Waals surface area contributed by atoms with Crippen molar-refractivity contribution in [2.24, 2.45) is 0 Å². The van der Waals surface area contributed by atoms with Crippen molar-refractivity contribution in [3.05, 3.63) is 35.4 Å². The van der Waals surface area contributed by atoms with Crippen LogP contribution in [0.15, 0.2) is 24.3 Å². The van der Waals surface area contributed by atoms with E-state index >= 15 is 0 Å². The van der Waals surface area contributed by atoms with Gasteiger partial charge in [-0.3, -0.25) is 9.59 Å². The van der Waals surface area contributed by atoms with E-state index in [1.807, 2.05) is 39.0 Å². The van der Waals surface area contributed by atoms with Crippen molar-refractivity contribution in [2.75, 3.05) is 0 Å². The van der Waals surface area contributed by atoms with Gasteiger partial charge in [-0.25, -0.2) is 0 Å². The summed E-state index contributed by atoms with van der Waals surface area (Å²) in [6.45, 7) is 5.72. The molecule has 14 heavy (non-hydrogen) atoms. The molecule has 0 amide bonds. The summed E-state index contributed by atoms with van der Waals surface area (Å²) in [5.41, 5.74) is 1.87. The minimum atomic E-state index is -0.250. The Hall–Kier alpha value is -1.64. The molecule has 0 heterocycles. The van der Waals surface area contributed by atoms with Gasteiger partial charge in [0.1, 0.15) is 6.29 Å². The smallest absolute Gasteiger partial charge is 0.290 e. The van der Waals surface area contributed by atoms with E-state index in [4.69, 9.17) is 9.90 Å². The fraction of sp³-hybridized carbons (Fsp3) is 0.273. The lowest BCUT2D eigenvalue weighted by Gasteiger charge is -1.89. The molecule has 1 rings (SSSR count). The van der Waals surface area contributed by atoms with E-state index in [-0.39, 0.29) is 6.47 Å². The molecule has 1 aromatic carbocycles. The molecule has 0 aliphatic heterocycles. The number of aldehydes is 1. The van der Waals surface area contributed by atoms with Crippen LogP contribution in [-0.2, 0) is 4.79 Å². The Morgan fingerprint density at radius 1 is 1.21 bits per heavy atom. The molecule has 0 radical (unpaired) electrons. The Morgan fingerprint density at radius 3 is 2.00 bits per heavy atom. The molecule has 1 aromatic rings. The number of hydrogen-bond acceptors (Lipinski definition) is 2. The second-order valence-electron chi connectivity index (χ2n) is 2.14. The van der Waals surface area contributed by atoms with Gasteiger partial charge in [0.15, 0.2) is 0 Å². The predicted octanol–water partition coefficient (Wildman–Crippen LogP) is 2.53. The monoisotopic (exact) mass is 196 g/mol. The Labute approximate surface area is 84.4 Å². The molecule has 3 heteroatoms. The zero-order chi connectivity index (χ0) is 11.4. The molecular weight excluding hydrogens is 180 g/mol. The van der Waals surface area contributed by atoms with E-state index in [0.717, 1.165) is 17.4 Å². The highest BCUT2D eigenvalue weighted by Gasteiger charge is 1.86. The van der Waals surface area contributed by atoms with Crippen LogP contribution >= 0.6 is 0 Å². The van der Waals surface area contributed by atoms with Crippen molar-refractivity contribution < 1.29 is 14.7 Å². The fourth-order valence-corrected chi connectivity index (χ4v) is 0.743. The first kappa shape index (κ1) is 14.9. The molecule has 0 bridgehead atoms. The van der Waals surface area contributed by atoms with Crippen molar-refractivity contribution in [3.8, 4) is 0 Å². The third-order valence-electron chi connectivity index (χ3n) is 1.18. The van der Waals surface area contributed by atoms with Crippen LogP contribution in [0, 0.1) is 6.92 Å². The van der Waals surface area contributed by atoms with Gasteiger partial charge in [-0.05, 0) is 13.0 Å². The van der Waals surface area contributed by atoms with Crippen LogP contribution in [0.5, 0.6) is 0 Å². The molecule has 3 nitrogen and oxygen atoms in total. The van der Waals surface area contributed by atoms with E-state index in [1.165, 1.54) is 0 Å². The molecule has 0 spiro atoms. The summed E-state index contributed by atoms with van der Waals surface area (Å²) in [5, 5.41) is 6.89. The lowest BCUT2D eigenvalue weighted by atomic mass is 10.2. The van der Waals surface area contributed by atoms with Crippen molar-refractivity contribution >= 4 is 12.8 Å². The number of aryl methyl sites for hydroxylation is 1. The summed E-state index contributed by atoms with van der Waals surface area (Å²) in [6, 6.07) is 7.49. The zero-order valence-corrected chi connectivity index (χ0v) is 8.73. The number of carboxylic acid groups (broad SMARTS) is 1. The van der Waals surface area contributed by atoms with Gasteiger partial charge in [0.05, 0.1) is 0 Å². The predicted molar refractivity (Wildman–Crippen MR) is 56.6 cm³/mol. The van der Waals surface area contributed by atoms with Crippen LogP contribution < -0.4 is 0 Å². The van der Waals surface area contributed by atoms with Crippen molar-refractivity contribution in [1.82, 2.24) is 0 Å². The highest BCUT2D eigenvalue weighted by atomic mass is 16.3. The van der Waals surface area contributed by atoms with E-state index in [0.29, 0.717) is 0 Å². The number of rotatable bonds is 1. The second-order valence-corrected chi connectivity index (χ2v) is 2.14. The van der Waals surface area contributed by atoms with E-state index in [9.17, 15) is 4.79 Å². The molecule has 0 atom stereocenters. The van der Waals surface area contributed by atoms with Crippen LogP contribution in [-0.4, -0.2) is 17.9 Å². The van der Waals surface area contributed by atoms with Crippen molar-refractivity contribution in [2.45, 2.75) is 20.8 Å². The molecule has 0 aliphatic rings. The third-order valence-corrected chi connectivity index (χ3v) is 1.18. The maximum atomic E-state index is 10.2. The van der Waals surface area contributed by atoms with Crippen LogP contribution in [0.25, 0.3) is 0 Å². The Balaban J connectivity index is 0. The maximum Gasteiger partial charge on any atom is 0.290 e. The average Bonchev–Trinajstić information content (AvgIpc) is 2.22. The van der Waals surface area contributed by atoms with Crippen LogP contribution in [0.4, 0.5) is 0 Å². The van der Waals surface area contributed by atoms with Crippen LogP contribution in [0.3, 0.4) is 0 Å². The largest absolute Gasteiger partial charge is 0.483 e. The highest BCUT2D eigenvalue weighted by molar-refractivity contribution is 5.74. The molecule has 0 unspecified atom stereocenters. The molecule has 0 aromatic heterocycles. The number of carbonyl (C=O) groups excluding carboxylic acids is 1. The lowest BCUT2D eigenvalue weighted by Crippen LogP contribution is -1.78. The van der Waals surface area contributed by atoms with Gasteiger partial charge in [0.2, 0.25) is 0 Å². The Morgan fingerprint density at radius 2 is 1.71 bits per heavy atom. The third kappa shape index (κ3) is 8.46. The van der Waals surface area contributed by atoms with Gasteiger partial charge in [0, 0.05) is 5.56 Å². The minimum Gasteiger partial charge on any atom is -0.483 e. The van der Waals surface area contributed by atoms with Crippen molar-refractivity contribution in [3.63, 3.8) is 0 Å². The Bertz CT molecular complexity index is 256. The molecule has 78 valence electrons. The van der Waals surface area contributed by atoms with Gasteiger partial charge >= 0.3 is 0 Å². The summed E-state index contributed by atoms with van der Waals surface area (Å²) in [6.07, 6.45) is 0.854. The average molecular weight is 196 g/mol. The van der Waals surface area contributed by atoms with E-state index < -0.39 is 0 Å². The summed E-state index contributed by atoms with van der Waals surface area (Å²) in [4.78, 5) is 18.5. The number of benzene rings is 1. The standard InChI is InChI=1S/C8H8O.C2H6.CH2O2/c1-7-3-2-4-8(5-7)6-9;1-2;2-1-3/h2-6H,1H3;1-2H3;1H,(H,2,3). The maximum absolute atomic E-state index is 10.2. The minimum absolute atomic E-state index is 0.250. The van der Waals surface area contributed by atoms with Gasteiger partial charge < -0.3 is 5.11 Å². The summed E-state index contributed by atoms with van der Waals surface area (Å²) in [5.74, 6) is 0.